The Morgan fingerprint density at radius 2 is 1.60 bits per heavy atom. The van der Waals surface area contributed by atoms with Gasteiger partial charge in [0.2, 0.25) is 0 Å². The number of hydrogen-bond donors (Lipinski definition) is 1. The predicted molar refractivity (Wildman–Crippen MR) is 144 cm³/mol. The molecule has 0 bridgehead atoms. The molecule has 0 saturated heterocycles. The minimum Gasteiger partial charge on any atom is -0.338 e. The number of anilines is 2. The molecule has 0 unspecified atom stereocenters. The summed E-state index contributed by atoms with van der Waals surface area (Å²) in [5, 5.41) is 3.21. The largest absolute Gasteiger partial charge is 0.338 e. The maximum absolute atomic E-state index is 15.0. The molecular weight excluding hydrogens is 561 g/mol. The fourth-order valence-electron chi connectivity index (χ4n) is 3.81. The maximum atomic E-state index is 15.0. The van der Waals surface area contributed by atoms with Crippen LogP contribution in [0.25, 0.3) is 28.1 Å². The van der Waals surface area contributed by atoms with Crippen LogP contribution in [0.2, 0.25) is 0 Å². The van der Waals surface area contributed by atoms with Gasteiger partial charge in [-0.1, -0.05) is 13.8 Å². The number of hydrogen-bond acceptors (Lipinski definition) is 4. The van der Waals surface area contributed by atoms with Gasteiger partial charge in [-0.05, 0) is 62.4 Å². The van der Waals surface area contributed by atoms with Crippen molar-refractivity contribution in [1.82, 2.24) is 24.1 Å². The summed E-state index contributed by atoms with van der Waals surface area (Å²) in [6, 6.07) is 13.1. The molecule has 0 saturated carbocycles. The van der Waals surface area contributed by atoms with Crippen LogP contribution in [0.5, 0.6) is 0 Å². The second-order valence-corrected chi connectivity index (χ2v) is 8.76. The second kappa shape index (κ2) is 10.1. The lowest BCUT2D eigenvalue weighted by Crippen LogP contribution is -2.01. The van der Waals surface area contributed by atoms with Crippen molar-refractivity contribution in [3.63, 3.8) is 0 Å². The van der Waals surface area contributed by atoms with Crippen LogP contribution in [0.15, 0.2) is 54.7 Å². The van der Waals surface area contributed by atoms with Crippen molar-refractivity contribution in [2.75, 3.05) is 5.32 Å². The molecule has 0 atom stereocenters. The molecule has 5 aromatic rings. The number of pyridine rings is 1. The number of rotatable bonds is 4. The molecule has 1 N–H and O–H groups in total. The van der Waals surface area contributed by atoms with Gasteiger partial charge in [0, 0.05) is 52.8 Å². The zero-order valence-electron chi connectivity index (χ0n) is 20.1. The van der Waals surface area contributed by atoms with E-state index in [4.69, 9.17) is 4.98 Å². The van der Waals surface area contributed by atoms with Crippen molar-refractivity contribution in [2.45, 2.75) is 27.7 Å². The number of halogens is 3. The Bertz CT molecular complexity index is 1510. The molecule has 0 aliphatic rings. The Labute approximate surface area is 216 Å². The molecule has 35 heavy (non-hydrogen) atoms. The number of fused-ring (bicyclic) bond motifs is 1. The van der Waals surface area contributed by atoms with Gasteiger partial charge in [-0.2, -0.15) is 0 Å². The van der Waals surface area contributed by atoms with Crippen LogP contribution in [-0.4, -0.2) is 24.1 Å². The molecule has 6 nitrogen and oxygen atoms in total. The molecule has 180 valence electrons. The number of aryl methyl sites for hydroxylation is 3. The summed E-state index contributed by atoms with van der Waals surface area (Å²) in [6.45, 7) is 7.76. The Hall–Kier alpha value is -3.34. The second-order valence-electron chi connectivity index (χ2n) is 7.79. The van der Waals surface area contributed by atoms with Crippen LogP contribution in [0.1, 0.15) is 25.2 Å². The van der Waals surface area contributed by atoms with E-state index in [9.17, 15) is 8.78 Å². The fourth-order valence-corrected chi connectivity index (χ4v) is 4.59. The first-order chi connectivity index (χ1) is 16.8. The molecule has 0 fully saturated rings. The van der Waals surface area contributed by atoms with E-state index in [0.717, 1.165) is 22.5 Å². The zero-order chi connectivity index (χ0) is 25.3. The summed E-state index contributed by atoms with van der Waals surface area (Å²) in [7, 11) is 1.90. The van der Waals surface area contributed by atoms with Crippen molar-refractivity contribution < 1.29 is 8.78 Å². The molecule has 0 radical (unpaired) electrons. The van der Waals surface area contributed by atoms with Crippen LogP contribution in [0.3, 0.4) is 0 Å². The molecule has 2 aromatic carbocycles. The van der Waals surface area contributed by atoms with Crippen LogP contribution in [-0.2, 0) is 7.05 Å². The van der Waals surface area contributed by atoms with Crippen molar-refractivity contribution in [3.05, 3.63) is 81.6 Å². The summed E-state index contributed by atoms with van der Waals surface area (Å²) >= 11 is 2.08. The first-order valence-corrected chi connectivity index (χ1v) is 12.3. The minimum atomic E-state index is -0.382. The van der Waals surface area contributed by atoms with Crippen LogP contribution in [0, 0.1) is 29.3 Å². The molecule has 3 heterocycles. The monoisotopic (exact) mass is 586 g/mol. The Kier molecular flexibility index (Phi) is 7.15. The standard InChI is InChI=1S/C24H19F2IN6.C2H6/c1-13-10-20-21(31-23(32(20)3)15-4-6-16(25)7-5-15)22(28-13)30-17-8-9-19(18(26)11-17)33-12-14(2)29-24(33)27;1-2/h4-12H,1-3H3,(H,28,30);1-2H3. The van der Waals surface area contributed by atoms with E-state index in [0.29, 0.717) is 32.4 Å². The Balaban J connectivity index is 0.00000141. The van der Waals surface area contributed by atoms with Gasteiger partial charge in [0.05, 0.1) is 16.9 Å². The summed E-state index contributed by atoms with van der Waals surface area (Å²) in [5.74, 6) is 0.525. The van der Waals surface area contributed by atoms with Crippen molar-refractivity contribution in [2.24, 2.45) is 7.05 Å². The number of nitrogens with zero attached hydrogens (tertiary/aromatic N) is 5. The quantitative estimate of drug-likeness (QED) is 0.229. The van der Waals surface area contributed by atoms with E-state index in [1.54, 1.807) is 35.0 Å². The predicted octanol–water partition coefficient (Wildman–Crippen LogP) is 7.09. The fraction of sp³-hybridized carbons (Fsp3) is 0.192. The average Bonchev–Trinajstić information content (AvgIpc) is 3.34. The first-order valence-electron chi connectivity index (χ1n) is 11.2. The topological polar surface area (TPSA) is 60.6 Å². The summed E-state index contributed by atoms with van der Waals surface area (Å²) in [6.07, 6.45) is 1.80. The average molecular weight is 586 g/mol. The molecule has 5 rings (SSSR count). The molecule has 0 aliphatic carbocycles. The Morgan fingerprint density at radius 1 is 0.886 bits per heavy atom. The van der Waals surface area contributed by atoms with E-state index in [1.807, 2.05) is 45.4 Å². The lowest BCUT2D eigenvalue weighted by Gasteiger charge is -2.11. The molecule has 0 aliphatic heterocycles. The minimum absolute atomic E-state index is 0.302. The normalized spacial score (nSPS) is 10.9. The molecular formula is C26H25F2IN6. The third-order valence-electron chi connectivity index (χ3n) is 5.35. The highest BCUT2D eigenvalue weighted by Crippen LogP contribution is 2.30. The van der Waals surface area contributed by atoms with Gasteiger partial charge in [-0.3, -0.25) is 4.57 Å². The van der Waals surface area contributed by atoms with Crippen LogP contribution in [0.4, 0.5) is 20.3 Å². The SMILES string of the molecule is CC.Cc1cc2c(nc(-c3ccc(F)cc3)n2C)c(Nc2ccc(-n3cc(C)nc3I)c(F)c2)n1. The highest BCUT2D eigenvalue weighted by atomic mass is 127. The van der Waals surface area contributed by atoms with Gasteiger partial charge < -0.3 is 9.88 Å². The number of aromatic nitrogens is 5. The van der Waals surface area contributed by atoms with E-state index >= 15 is 0 Å². The third-order valence-corrected chi connectivity index (χ3v) is 6.11. The van der Waals surface area contributed by atoms with Crippen LogP contribution >= 0.6 is 22.6 Å². The van der Waals surface area contributed by atoms with Gasteiger partial charge in [0.25, 0.3) is 0 Å². The van der Waals surface area contributed by atoms with Gasteiger partial charge in [-0.25, -0.2) is 23.7 Å². The van der Waals surface area contributed by atoms with Gasteiger partial charge >= 0.3 is 0 Å². The molecule has 9 heteroatoms. The summed E-state index contributed by atoms with van der Waals surface area (Å²) < 4.78 is 32.7. The zero-order valence-corrected chi connectivity index (χ0v) is 22.2. The third kappa shape index (κ3) is 4.90. The highest BCUT2D eigenvalue weighted by Gasteiger charge is 2.16. The lowest BCUT2D eigenvalue weighted by atomic mass is 10.2. The molecule has 0 amide bonds. The van der Waals surface area contributed by atoms with Gasteiger partial charge in [0.1, 0.15) is 23.0 Å². The van der Waals surface area contributed by atoms with E-state index in [-0.39, 0.29) is 11.6 Å². The number of benzene rings is 2. The van der Waals surface area contributed by atoms with Gasteiger partial charge in [-0.15, -0.1) is 0 Å². The van der Waals surface area contributed by atoms with Crippen molar-refractivity contribution in [1.29, 1.82) is 0 Å². The van der Waals surface area contributed by atoms with Crippen LogP contribution < -0.4 is 5.32 Å². The van der Waals surface area contributed by atoms with Gasteiger partial charge in [0.15, 0.2) is 9.65 Å². The first kappa shape index (κ1) is 24.8. The lowest BCUT2D eigenvalue weighted by molar-refractivity contribution is 0.617. The van der Waals surface area contributed by atoms with E-state index in [2.05, 4.69) is 37.9 Å². The highest BCUT2D eigenvalue weighted by molar-refractivity contribution is 14.1. The number of imidazole rings is 2. The smallest absolute Gasteiger partial charge is 0.176 e. The molecule has 0 spiro atoms. The van der Waals surface area contributed by atoms with E-state index < -0.39 is 0 Å². The summed E-state index contributed by atoms with van der Waals surface area (Å²) in [5.41, 5.74) is 4.88. The summed E-state index contributed by atoms with van der Waals surface area (Å²) in [4.78, 5) is 13.7. The number of nitrogens with one attached hydrogen (secondary N) is 1. The molecule has 3 aromatic heterocycles. The van der Waals surface area contributed by atoms with E-state index in [1.165, 1.54) is 18.2 Å². The van der Waals surface area contributed by atoms with Crippen molar-refractivity contribution >= 4 is 45.1 Å². The maximum Gasteiger partial charge on any atom is 0.176 e. The van der Waals surface area contributed by atoms with Crippen molar-refractivity contribution in [3.8, 4) is 17.1 Å². The Morgan fingerprint density at radius 3 is 2.23 bits per heavy atom.